The van der Waals surface area contributed by atoms with Crippen LogP contribution in [0.3, 0.4) is 0 Å². The number of anilines is 3. The number of rotatable bonds is 5. The van der Waals surface area contributed by atoms with E-state index in [1.54, 1.807) is 6.20 Å². The summed E-state index contributed by atoms with van der Waals surface area (Å²) in [6.07, 6.45) is 1.74. The Labute approximate surface area is 168 Å². The number of hydrogen-bond acceptors (Lipinski definition) is 5. The van der Waals surface area contributed by atoms with E-state index < -0.39 is 0 Å². The lowest BCUT2D eigenvalue weighted by Gasteiger charge is -2.12. The Kier molecular flexibility index (Phi) is 5.25. The zero-order valence-corrected chi connectivity index (χ0v) is 16.2. The average molecular weight is 392 g/mol. The van der Waals surface area contributed by atoms with Gasteiger partial charge in [-0.3, -0.25) is 0 Å². The number of pyridine rings is 1. The first-order valence-corrected chi connectivity index (χ1v) is 9.30. The molecule has 2 aromatic carbocycles. The van der Waals surface area contributed by atoms with Crippen molar-refractivity contribution in [2.24, 2.45) is 0 Å². The maximum Gasteiger partial charge on any atom is 0.231 e. The summed E-state index contributed by atoms with van der Waals surface area (Å²) < 4.78 is 10.7. The first kappa shape index (κ1) is 18.1. The molecule has 3 N–H and O–H groups in total. The van der Waals surface area contributed by atoms with E-state index >= 15 is 0 Å². The molecule has 0 aliphatic carbocycles. The second kappa shape index (κ2) is 8.14. The Morgan fingerprint density at radius 2 is 1.93 bits per heavy atom. The lowest BCUT2D eigenvalue weighted by molar-refractivity contribution is 0.174. The molecule has 3 aromatic rings. The van der Waals surface area contributed by atoms with Gasteiger partial charge in [0.05, 0.1) is 11.9 Å². The molecule has 1 aromatic heterocycles. The monoisotopic (exact) mass is 392 g/mol. The Morgan fingerprint density at radius 1 is 1.04 bits per heavy atom. The molecule has 1 aliphatic heterocycles. The predicted molar refractivity (Wildman–Crippen MR) is 114 cm³/mol. The fourth-order valence-electron chi connectivity index (χ4n) is 2.82. The zero-order valence-electron chi connectivity index (χ0n) is 15.4. The molecule has 0 saturated carbocycles. The molecule has 0 unspecified atom stereocenters. The van der Waals surface area contributed by atoms with Crippen LogP contribution in [-0.4, -0.2) is 16.9 Å². The Morgan fingerprint density at radius 3 is 2.75 bits per heavy atom. The average Bonchev–Trinajstić information content (AvgIpc) is 3.16. The third-order valence-electron chi connectivity index (χ3n) is 4.20. The van der Waals surface area contributed by atoms with E-state index in [1.807, 2.05) is 42.5 Å². The molecule has 142 valence electrons. The lowest BCUT2D eigenvalue weighted by atomic mass is 10.2. The van der Waals surface area contributed by atoms with Crippen LogP contribution in [0.15, 0.2) is 60.8 Å². The summed E-state index contributed by atoms with van der Waals surface area (Å²) in [6, 6.07) is 17.8. The molecule has 0 bridgehead atoms. The third kappa shape index (κ3) is 4.50. The van der Waals surface area contributed by atoms with Gasteiger partial charge in [-0.25, -0.2) is 4.98 Å². The largest absolute Gasteiger partial charge is 0.454 e. The van der Waals surface area contributed by atoms with Crippen LogP contribution in [0.4, 0.5) is 17.2 Å². The standard InChI is InChI=1S/C21H20N4O2S/c1-14-3-2-4-16(9-14)24-20-8-6-17(12-22-20)25-21(28)23-11-15-5-7-18-19(10-15)27-13-26-18/h2-10,12H,11,13H2,1H3,(H,22,24)(H2,23,25,28). The molecule has 0 amide bonds. The quantitative estimate of drug-likeness (QED) is 0.558. The minimum Gasteiger partial charge on any atom is -0.454 e. The molecule has 0 fully saturated rings. The van der Waals surface area contributed by atoms with Crippen LogP contribution in [0, 0.1) is 6.92 Å². The summed E-state index contributed by atoms with van der Waals surface area (Å²) in [6.45, 7) is 2.92. The van der Waals surface area contributed by atoms with Gasteiger partial charge in [-0.2, -0.15) is 0 Å². The number of aryl methyl sites for hydroxylation is 1. The molecule has 6 nitrogen and oxygen atoms in total. The molecule has 0 saturated heterocycles. The van der Waals surface area contributed by atoms with E-state index in [1.165, 1.54) is 5.56 Å². The number of nitrogens with one attached hydrogen (secondary N) is 3. The SMILES string of the molecule is Cc1cccc(Nc2ccc(NC(=S)NCc3ccc4c(c3)OCO4)cn2)c1. The van der Waals surface area contributed by atoms with Crippen molar-refractivity contribution in [2.75, 3.05) is 17.4 Å². The molecular weight excluding hydrogens is 372 g/mol. The minimum atomic E-state index is 0.272. The van der Waals surface area contributed by atoms with E-state index in [0.29, 0.717) is 11.7 Å². The van der Waals surface area contributed by atoms with E-state index in [2.05, 4.69) is 40.0 Å². The van der Waals surface area contributed by atoms with E-state index in [9.17, 15) is 0 Å². The summed E-state index contributed by atoms with van der Waals surface area (Å²) in [7, 11) is 0. The number of aromatic nitrogens is 1. The van der Waals surface area contributed by atoms with Crippen LogP contribution >= 0.6 is 12.2 Å². The van der Waals surface area contributed by atoms with Crippen molar-refractivity contribution in [3.05, 3.63) is 71.9 Å². The first-order valence-electron chi connectivity index (χ1n) is 8.89. The van der Waals surface area contributed by atoms with Gasteiger partial charge >= 0.3 is 0 Å². The minimum absolute atomic E-state index is 0.272. The van der Waals surface area contributed by atoms with Crippen LogP contribution in [0.5, 0.6) is 11.5 Å². The van der Waals surface area contributed by atoms with Crippen molar-refractivity contribution in [3.63, 3.8) is 0 Å². The third-order valence-corrected chi connectivity index (χ3v) is 4.45. The highest BCUT2D eigenvalue weighted by Crippen LogP contribution is 2.32. The fourth-order valence-corrected chi connectivity index (χ4v) is 3.01. The molecule has 7 heteroatoms. The molecule has 2 heterocycles. The maximum absolute atomic E-state index is 5.39. The van der Waals surface area contributed by atoms with Gasteiger partial charge in [0.2, 0.25) is 6.79 Å². The second-order valence-electron chi connectivity index (χ2n) is 6.42. The number of nitrogens with zero attached hydrogens (tertiary/aromatic N) is 1. The molecule has 1 aliphatic rings. The molecule has 0 spiro atoms. The fraction of sp³-hybridized carbons (Fsp3) is 0.143. The molecular formula is C21H20N4O2S. The van der Waals surface area contributed by atoms with Crippen molar-refractivity contribution >= 4 is 34.5 Å². The highest BCUT2D eigenvalue weighted by atomic mass is 32.1. The van der Waals surface area contributed by atoms with Gasteiger partial charge in [0.1, 0.15) is 5.82 Å². The predicted octanol–water partition coefficient (Wildman–Crippen LogP) is 4.35. The molecule has 28 heavy (non-hydrogen) atoms. The Hall–Kier alpha value is -3.32. The van der Waals surface area contributed by atoms with Crippen molar-refractivity contribution in [2.45, 2.75) is 13.5 Å². The van der Waals surface area contributed by atoms with Crippen LogP contribution < -0.4 is 25.4 Å². The molecule has 0 radical (unpaired) electrons. The summed E-state index contributed by atoms with van der Waals surface area (Å²) in [5.74, 6) is 2.31. The van der Waals surface area contributed by atoms with Gasteiger partial charge < -0.3 is 25.4 Å². The maximum atomic E-state index is 5.39. The number of thiocarbonyl (C=S) groups is 1. The molecule has 0 atom stereocenters. The summed E-state index contributed by atoms with van der Waals surface area (Å²) in [5.41, 5.74) is 4.08. The van der Waals surface area contributed by atoms with Gasteiger partial charge in [0.15, 0.2) is 16.6 Å². The second-order valence-corrected chi connectivity index (χ2v) is 6.83. The van der Waals surface area contributed by atoms with Crippen molar-refractivity contribution in [1.82, 2.24) is 10.3 Å². The van der Waals surface area contributed by atoms with Crippen molar-refractivity contribution in [3.8, 4) is 11.5 Å². The summed E-state index contributed by atoms with van der Waals surface area (Å²) in [5, 5.41) is 10.1. The Bertz CT molecular complexity index is 992. The van der Waals surface area contributed by atoms with Crippen LogP contribution in [0.2, 0.25) is 0 Å². The van der Waals surface area contributed by atoms with Crippen molar-refractivity contribution < 1.29 is 9.47 Å². The van der Waals surface area contributed by atoms with Gasteiger partial charge in [-0.15, -0.1) is 0 Å². The smallest absolute Gasteiger partial charge is 0.231 e. The van der Waals surface area contributed by atoms with E-state index in [-0.39, 0.29) is 6.79 Å². The van der Waals surface area contributed by atoms with Gasteiger partial charge in [-0.1, -0.05) is 18.2 Å². The van der Waals surface area contributed by atoms with E-state index in [0.717, 1.165) is 34.3 Å². The number of ether oxygens (including phenoxy) is 2. The van der Waals surface area contributed by atoms with E-state index in [4.69, 9.17) is 21.7 Å². The van der Waals surface area contributed by atoms with Crippen LogP contribution in [-0.2, 0) is 6.54 Å². The summed E-state index contributed by atoms with van der Waals surface area (Å²) >= 11 is 5.37. The highest BCUT2D eigenvalue weighted by molar-refractivity contribution is 7.80. The summed E-state index contributed by atoms with van der Waals surface area (Å²) in [4.78, 5) is 4.42. The van der Waals surface area contributed by atoms with Crippen molar-refractivity contribution in [1.29, 1.82) is 0 Å². The number of benzene rings is 2. The number of fused-ring (bicyclic) bond motifs is 1. The number of hydrogen-bond donors (Lipinski definition) is 3. The topological polar surface area (TPSA) is 67.4 Å². The van der Waals surface area contributed by atoms with Gasteiger partial charge in [0.25, 0.3) is 0 Å². The van der Waals surface area contributed by atoms with Gasteiger partial charge in [-0.05, 0) is 66.7 Å². The van der Waals surface area contributed by atoms with Gasteiger partial charge in [0, 0.05) is 12.2 Å². The molecule has 4 rings (SSSR count). The normalized spacial score (nSPS) is 11.8. The Balaban J connectivity index is 1.29. The van der Waals surface area contributed by atoms with Crippen LogP contribution in [0.25, 0.3) is 0 Å². The zero-order chi connectivity index (χ0) is 19.3. The lowest BCUT2D eigenvalue weighted by Crippen LogP contribution is -2.27. The van der Waals surface area contributed by atoms with Crippen LogP contribution in [0.1, 0.15) is 11.1 Å². The first-order chi connectivity index (χ1) is 13.7. The highest BCUT2D eigenvalue weighted by Gasteiger charge is 2.13.